The zero-order valence-corrected chi connectivity index (χ0v) is 20.0. The predicted molar refractivity (Wildman–Crippen MR) is 130 cm³/mol. The van der Waals surface area contributed by atoms with E-state index >= 15 is 0 Å². The Morgan fingerprint density at radius 2 is 1.88 bits per heavy atom. The molecule has 1 aliphatic carbocycles. The number of rotatable bonds is 7. The molecule has 0 bridgehead atoms. The fraction of sp³-hybridized carbons (Fsp3) is 0.360. The number of amides is 1. The molecule has 3 aromatic rings. The number of aliphatic hydroxyl groups is 1. The maximum atomic E-state index is 12.8. The first-order valence-electron chi connectivity index (χ1n) is 11.0. The minimum Gasteiger partial charge on any atom is -0.385 e. The topological polar surface area (TPSA) is 108 Å². The molecule has 1 aromatic heterocycles. The van der Waals surface area contributed by atoms with Crippen molar-refractivity contribution in [2.24, 2.45) is 5.92 Å². The van der Waals surface area contributed by atoms with Crippen molar-refractivity contribution < 1.29 is 18.3 Å². The highest BCUT2D eigenvalue weighted by Crippen LogP contribution is 2.45. The molecule has 1 unspecified atom stereocenters. The normalized spacial score (nSPS) is 16.8. The van der Waals surface area contributed by atoms with Gasteiger partial charge < -0.3 is 10.4 Å². The quantitative estimate of drug-likeness (QED) is 0.486. The van der Waals surface area contributed by atoms with Gasteiger partial charge in [-0.15, -0.1) is 0 Å². The average molecular weight is 468 g/mol. The summed E-state index contributed by atoms with van der Waals surface area (Å²) in [6, 6.07) is 14.2. The van der Waals surface area contributed by atoms with Crippen LogP contribution >= 0.6 is 0 Å². The summed E-state index contributed by atoms with van der Waals surface area (Å²) in [6.45, 7) is 5.53. The van der Waals surface area contributed by atoms with E-state index in [-0.39, 0.29) is 11.9 Å². The molecule has 2 atom stereocenters. The van der Waals surface area contributed by atoms with Crippen LogP contribution in [0.5, 0.6) is 0 Å². The maximum absolute atomic E-state index is 12.8. The van der Waals surface area contributed by atoms with E-state index in [4.69, 9.17) is 0 Å². The van der Waals surface area contributed by atoms with Gasteiger partial charge in [-0.3, -0.25) is 9.52 Å². The summed E-state index contributed by atoms with van der Waals surface area (Å²) < 4.78 is 25.4. The van der Waals surface area contributed by atoms with Crippen molar-refractivity contribution in [3.8, 4) is 0 Å². The molecule has 0 saturated heterocycles. The van der Waals surface area contributed by atoms with Gasteiger partial charge in [0, 0.05) is 5.39 Å². The molecule has 2 aromatic carbocycles. The number of nitrogens with zero attached hydrogens (tertiary/aromatic N) is 1. The van der Waals surface area contributed by atoms with Crippen LogP contribution in [0.2, 0.25) is 0 Å². The first kappa shape index (κ1) is 23.2. The van der Waals surface area contributed by atoms with E-state index in [0.29, 0.717) is 22.8 Å². The molecule has 0 radical (unpaired) electrons. The van der Waals surface area contributed by atoms with Crippen LogP contribution < -0.4 is 10.0 Å². The second kappa shape index (κ2) is 8.43. The van der Waals surface area contributed by atoms with Gasteiger partial charge in [-0.05, 0) is 80.5 Å². The zero-order chi connectivity index (χ0) is 24.0. The Morgan fingerprint density at radius 3 is 2.52 bits per heavy atom. The molecule has 174 valence electrons. The number of aryl methyl sites for hydroxylation is 1. The number of benzene rings is 2. The molecule has 33 heavy (non-hydrogen) atoms. The van der Waals surface area contributed by atoms with E-state index in [9.17, 15) is 18.3 Å². The van der Waals surface area contributed by atoms with Crippen LogP contribution in [-0.2, 0) is 15.6 Å². The summed E-state index contributed by atoms with van der Waals surface area (Å²) in [4.78, 5) is 17.3. The van der Waals surface area contributed by atoms with Gasteiger partial charge in [0.15, 0.2) is 0 Å². The Balaban J connectivity index is 1.49. The van der Waals surface area contributed by atoms with Gasteiger partial charge in [0.2, 0.25) is 10.0 Å². The van der Waals surface area contributed by atoms with E-state index in [2.05, 4.69) is 15.0 Å². The standard InChI is InChI=1S/C25H29N3O4S/c1-15-13-17(5-10-21(15)28-33(4,31)32)16(2)26-24(29)23-11-6-18-14-20(9-12-22(18)27-23)25(3,30)19-7-8-19/h5-6,9-14,16,19,28,30H,7-8H2,1-4H3,(H,26,29)/t16-,25?/m0/s1. The number of carbonyl (C=O) groups excluding carboxylic acids is 1. The Hall–Kier alpha value is -2.97. The monoisotopic (exact) mass is 467 g/mol. The fourth-order valence-corrected chi connectivity index (χ4v) is 4.70. The first-order chi connectivity index (χ1) is 15.4. The van der Waals surface area contributed by atoms with Crippen LogP contribution in [-0.4, -0.2) is 30.7 Å². The van der Waals surface area contributed by atoms with Crippen molar-refractivity contribution in [2.75, 3.05) is 11.0 Å². The van der Waals surface area contributed by atoms with Crippen molar-refractivity contribution in [1.82, 2.24) is 10.3 Å². The van der Waals surface area contributed by atoms with Crippen molar-refractivity contribution in [1.29, 1.82) is 0 Å². The molecule has 8 heteroatoms. The number of fused-ring (bicyclic) bond motifs is 1. The molecule has 1 amide bonds. The van der Waals surface area contributed by atoms with Gasteiger partial charge in [-0.25, -0.2) is 13.4 Å². The molecular formula is C25H29N3O4S. The second-order valence-electron chi connectivity index (χ2n) is 9.17. The lowest BCUT2D eigenvalue weighted by molar-refractivity contribution is 0.0332. The van der Waals surface area contributed by atoms with Crippen LogP contribution in [0.4, 0.5) is 5.69 Å². The molecular weight excluding hydrogens is 438 g/mol. The molecule has 7 nitrogen and oxygen atoms in total. The van der Waals surface area contributed by atoms with Crippen molar-refractivity contribution in [2.45, 2.75) is 45.3 Å². The second-order valence-corrected chi connectivity index (χ2v) is 10.9. The lowest BCUT2D eigenvalue weighted by atomic mass is 9.90. The van der Waals surface area contributed by atoms with Gasteiger partial charge in [0.1, 0.15) is 5.69 Å². The van der Waals surface area contributed by atoms with Gasteiger partial charge in [0.25, 0.3) is 5.91 Å². The summed E-state index contributed by atoms with van der Waals surface area (Å²) in [5, 5.41) is 14.6. The summed E-state index contributed by atoms with van der Waals surface area (Å²) in [5.74, 6) is 0.00347. The third-order valence-electron chi connectivity index (χ3n) is 6.27. The molecule has 1 aliphatic rings. The largest absolute Gasteiger partial charge is 0.385 e. The summed E-state index contributed by atoms with van der Waals surface area (Å²) >= 11 is 0. The molecule has 0 aliphatic heterocycles. The molecule has 1 fully saturated rings. The highest BCUT2D eigenvalue weighted by atomic mass is 32.2. The summed E-state index contributed by atoms with van der Waals surface area (Å²) in [7, 11) is -3.36. The van der Waals surface area contributed by atoms with Gasteiger partial charge in [-0.1, -0.05) is 24.3 Å². The third kappa shape index (κ3) is 5.17. The van der Waals surface area contributed by atoms with Crippen molar-refractivity contribution in [3.05, 3.63) is 70.9 Å². The van der Waals surface area contributed by atoms with E-state index in [1.807, 2.05) is 51.1 Å². The van der Waals surface area contributed by atoms with Crippen LogP contribution in [0.3, 0.4) is 0 Å². The zero-order valence-electron chi connectivity index (χ0n) is 19.2. The van der Waals surface area contributed by atoms with E-state index in [1.54, 1.807) is 18.2 Å². The Morgan fingerprint density at radius 1 is 1.15 bits per heavy atom. The Bertz CT molecular complexity index is 1330. The molecule has 1 saturated carbocycles. The van der Waals surface area contributed by atoms with Crippen LogP contribution in [0.15, 0.2) is 48.5 Å². The van der Waals surface area contributed by atoms with E-state index in [1.165, 1.54) is 0 Å². The molecule has 0 spiro atoms. The van der Waals surface area contributed by atoms with Gasteiger partial charge in [-0.2, -0.15) is 0 Å². The highest BCUT2D eigenvalue weighted by molar-refractivity contribution is 7.92. The third-order valence-corrected chi connectivity index (χ3v) is 6.86. The number of aromatic nitrogens is 1. The molecule has 4 rings (SSSR count). The molecule has 3 N–H and O–H groups in total. The fourth-order valence-electron chi connectivity index (χ4n) is 4.07. The number of pyridine rings is 1. The SMILES string of the molecule is Cc1cc([C@H](C)NC(=O)c2ccc3cc(C(C)(O)C4CC4)ccc3n2)ccc1NS(C)(=O)=O. The highest BCUT2D eigenvalue weighted by Gasteiger charge is 2.41. The number of anilines is 1. The molecule has 1 heterocycles. The van der Waals surface area contributed by atoms with Crippen molar-refractivity contribution in [3.63, 3.8) is 0 Å². The summed E-state index contributed by atoms with van der Waals surface area (Å²) in [5.41, 5.74) is 3.16. The van der Waals surface area contributed by atoms with Crippen LogP contribution in [0.25, 0.3) is 10.9 Å². The number of sulfonamides is 1. The van der Waals surface area contributed by atoms with Crippen molar-refractivity contribution >= 4 is 32.5 Å². The average Bonchev–Trinajstić information content (AvgIpc) is 3.59. The first-order valence-corrected chi connectivity index (χ1v) is 12.9. The van der Waals surface area contributed by atoms with E-state index < -0.39 is 15.6 Å². The number of carbonyl (C=O) groups is 1. The number of nitrogens with one attached hydrogen (secondary N) is 2. The minimum atomic E-state index is -3.36. The predicted octanol–water partition coefficient (Wildman–Crippen LogP) is 4.02. The lowest BCUT2D eigenvalue weighted by Crippen LogP contribution is -2.27. The van der Waals surface area contributed by atoms with Gasteiger partial charge in [0.05, 0.1) is 29.1 Å². The Labute approximate surface area is 194 Å². The van der Waals surface area contributed by atoms with Crippen LogP contribution in [0.1, 0.15) is 59.9 Å². The van der Waals surface area contributed by atoms with Gasteiger partial charge >= 0.3 is 0 Å². The summed E-state index contributed by atoms with van der Waals surface area (Å²) in [6.07, 6.45) is 3.18. The van der Waals surface area contributed by atoms with E-state index in [0.717, 1.165) is 41.2 Å². The number of hydrogen-bond donors (Lipinski definition) is 3. The van der Waals surface area contributed by atoms with Crippen LogP contribution in [0, 0.1) is 12.8 Å². The maximum Gasteiger partial charge on any atom is 0.270 e. The number of hydrogen-bond acceptors (Lipinski definition) is 5. The smallest absolute Gasteiger partial charge is 0.270 e. The Kier molecular flexibility index (Phi) is 5.92. The minimum absolute atomic E-state index is 0.294. The lowest BCUT2D eigenvalue weighted by Gasteiger charge is -2.24.